The van der Waals surface area contributed by atoms with Crippen LogP contribution >= 0.6 is 0 Å². The number of carbonyl (C=O) groups excluding carboxylic acids is 1. The number of amides is 1. The van der Waals surface area contributed by atoms with Gasteiger partial charge >= 0.3 is 0 Å². The molecule has 2 aromatic heterocycles. The summed E-state index contributed by atoms with van der Waals surface area (Å²) in [6.07, 6.45) is 3.89. The molecule has 30 heavy (non-hydrogen) atoms. The lowest BCUT2D eigenvalue weighted by Gasteiger charge is -2.09. The monoisotopic (exact) mass is 395 g/mol. The SMILES string of the molecule is CCc1c(C(=O)NN=C(c2ccccc2)c2ccccc2)cnn1-c1ccccn1. The normalized spacial score (nSPS) is 10.4. The van der Waals surface area contributed by atoms with Gasteiger partial charge in [0.15, 0.2) is 5.82 Å². The van der Waals surface area contributed by atoms with Gasteiger partial charge in [0.25, 0.3) is 5.91 Å². The van der Waals surface area contributed by atoms with Gasteiger partial charge in [-0.1, -0.05) is 73.7 Å². The zero-order valence-corrected chi connectivity index (χ0v) is 16.6. The van der Waals surface area contributed by atoms with Gasteiger partial charge in [0.1, 0.15) is 0 Å². The molecule has 0 saturated heterocycles. The van der Waals surface area contributed by atoms with Crippen molar-refractivity contribution in [1.82, 2.24) is 20.2 Å². The molecule has 4 rings (SSSR count). The predicted molar refractivity (Wildman–Crippen MR) is 117 cm³/mol. The van der Waals surface area contributed by atoms with Crippen LogP contribution in [0.3, 0.4) is 0 Å². The third-order valence-electron chi connectivity index (χ3n) is 4.68. The Morgan fingerprint density at radius 3 is 2.13 bits per heavy atom. The number of nitrogens with one attached hydrogen (secondary N) is 1. The van der Waals surface area contributed by atoms with Gasteiger partial charge in [-0.15, -0.1) is 0 Å². The van der Waals surface area contributed by atoms with E-state index in [1.807, 2.05) is 85.8 Å². The number of nitrogens with zero attached hydrogens (tertiary/aromatic N) is 4. The van der Waals surface area contributed by atoms with Crippen LogP contribution in [0.1, 0.15) is 34.1 Å². The van der Waals surface area contributed by atoms with Crippen molar-refractivity contribution < 1.29 is 4.79 Å². The van der Waals surface area contributed by atoms with Crippen LogP contribution < -0.4 is 5.43 Å². The van der Waals surface area contributed by atoms with Crippen LogP contribution in [0.15, 0.2) is 96.4 Å². The average Bonchev–Trinajstić information content (AvgIpc) is 3.25. The van der Waals surface area contributed by atoms with Gasteiger partial charge in [0, 0.05) is 17.3 Å². The molecule has 0 radical (unpaired) electrons. The Kier molecular flexibility index (Phi) is 5.75. The molecule has 0 aliphatic carbocycles. The zero-order valence-electron chi connectivity index (χ0n) is 16.6. The Labute approximate surface area is 174 Å². The van der Waals surface area contributed by atoms with Crippen molar-refractivity contribution in [3.63, 3.8) is 0 Å². The van der Waals surface area contributed by atoms with Crippen LogP contribution in [-0.2, 0) is 6.42 Å². The van der Waals surface area contributed by atoms with Crippen molar-refractivity contribution in [1.29, 1.82) is 0 Å². The van der Waals surface area contributed by atoms with Gasteiger partial charge in [0.2, 0.25) is 0 Å². The number of aromatic nitrogens is 3. The van der Waals surface area contributed by atoms with Crippen molar-refractivity contribution in [2.24, 2.45) is 5.10 Å². The minimum absolute atomic E-state index is 0.307. The van der Waals surface area contributed by atoms with Crippen molar-refractivity contribution in [3.8, 4) is 5.82 Å². The van der Waals surface area contributed by atoms with Gasteiger partial charge in [-0.05, 0) is 18.6 Å². The summed E-state index contributed by atoms with van der Waals surface area (Å²) in [7, 11) is 0. The van der Waals surface area contributed by atoms with E-state index in [1.165, 1.54) is 0 Å². The maximum atomic E-state index is 12.9. The third kappa shape index (κ3) is 4.03. The smallest absolute Gasteiger partial charge is 0.267 e. The van der Waals surface area contributed by atoms with Crippen LogP contribution in [0.25, 0.3) is 5.82 Å². The second-order valence-electron chi connectivity index (χ2n) is 6.59. The first-order chi connectivity index (χ1) is 14.8. The van der Waals surface area contributed by atoms with Crippen molar-refractivity contribution in [2.75, 3.05) is 0 Å². The number of hydrazone groups is 1. The molecule has 0 saturated carbocycles. The summed E-state index contributed by atoms with van der Waals surface area (Å²) in [5.41, 5.74) is 6.50. The molecule has 4 aromatic rings. The minimum Gasteiger partial charge on any atom is -0.267 e. The largest absolute Gasteiger partial charge is 0.274 e. The van der Waals surface area contributed by atoms with Crippen molar-refractivity contribution >= 4 is 11.6 Å². The average molecular weight is 395 g/mol. The molecule has 1 N–H and O–H groups in total. The Morgan fingerprint density at radius 1 is 0.933 bits per heavy atom. The molecule has 0 fully saturated rings. The van der Waals surface area contributed by atoms with Crippen molar-refractivity contribution in [2.45, 2.75) is 13.3 Å². The molecular weight excluding hydrogens is 374 g/mol. The number of rotatable bonds is 6. The molecule has 0 unspecified atom stereocenters. The second kappa shape index (κ2) is 8.96. The molecule has 6 heteroatoms. The van der Waals surface area contributed by atoms with E-state index < -0.39 is 0 Å². The van der Waals surface area contributed by atoms with E-state index in [0.717, 1.165) is 16.8 Å². The summed E-state index contributed by atoms with van der Waals surface area (Å²) in [6.45, 7) is 1.98. The molecule has 148 valence electrons. The zero-order chi connectivity index (χ0) is 20.8. The van der Waals surface area contributed by atoms with E-state index >= 15 is 0 Å². The highest BCUT2D eigenvalue weighted by Crippen LogP contribution is 2.15. The lowest BCUT2D eigenvalue weighted by atomic mass is 10.0. The highest BCUT2D eigenvalue weighted by Gasteiger charge is 2.18. The van der Waals surface area contributed by atoms with Gasteiger partial charge in [-0.3, -0.25) is 4.79 Å². The molecule has 0 bridgehead atoms. The van der Waals surface area contributed by atoms with Gasteiger partial charge < -0.3 is 0 Å². The van der Waals surface area contributed by atoms with E-state index in [2.05, 4.69) is 20.6 Å². The molecule has 2 aromatic carbocycles. The Bertz CT molecular complexity index is 1110. The van der Waals surface area contributed by atoms with Crippen LogP contribution in [0, 0.1) is 0 Å². The highest BCUT2D eigenvalue weighted by molar-refractivity contribution is 6.13. The number of pyridine rings is 1. The predicted octanol–water partition coefficient (Wildman–Crippen LogP) is 4.01. The van der Waals surface area contributed by atoms with Crippen LogP contribution in [0.2, 0.25) is 0 Å². The van der Waals surface area contributed by atoms with Crippen LogP contribution in [0.4, 0.5) is 0 Å². The molecule has 0 atom stereocenters. The third-order valence-corrected chi connectivity index (χ3v) is 4.68. The molecule has 0 spiro atoms. The first kappa shape index (κ1) is 19.3. The molecule has 0 aliphatic heterocycles. The number of benzene rings is 2. The number of hydrogen-bond donors (Lipinski definition) is 1. The fourth-order valence-electron chi connectivity index (χ4n) is 3.23. The summed E-state index contributed by atoms with van der Waals surface area (Å²) in [4.78, 5) is 17.3. The van der Waals surface area contributed by atoms with E-state index in [1.54, 1.807) is 17.1 Å². The first-order valence-corrected chi connectivity index (χ1v) is 9.75. The molecule has 6 nitrogen and oxygen atoms in total. The Balaban J connectivity index is 1.66. The summed E-state index contributed by atoms with van der Waals surface area (Å²) < 4.78 is 1.69. The standard InChI is InChI=1S/C24H21N5O/c1-2-21-20(17-26-29(21)22-15-9-10-16-25-22)24(30)28-27-23(18-11-5-3-6-12-18)19-13-7-4-8-14-19/h3-17H,2H2,1H3,(H,28,30). The second-order valence-corrected chi connectivity index (χ2v) is 6.59. The first-order valence-electron chi connectivity index (χ1n) is 9.75. The van der Waals surface area contributed by atoms with E-state index in [0.29, 0.717) is 23.5 Å². The highest BCUT2D eigenvalue weighted by atomic mass is 16.2. The quantitative estimate of drug-likeness (QED) is 0.396. The van der Waals surface area contributed by atoms with E-state index in [9.17, 15) is 4.79 Å². The van der Waals surface area contributed by atoms with Gasteiger partial charge in [-0.2, -0.15) is 10.2 Å². The summed E-state index contributed by atoms with van der Waals surface area (Å²) in [6, 6.07) is 25.1. The van der Waals surface area contributed by atoms with Crippen molar-refractivity contribution in [3.05, 3.63) is 114 Å². The van der Waals surface area contributed by atoms with Crippen LogP contribution in [0.5, 0.6) is 0 Å². The van der Waals surface area contributed by atoms with E-state index in [4.69, 9.17) is 0 Å². The molecule has 2 heterocycles. The minimum atomic E-state index is -0.307. The summed E-state index contributed by atoms with van der Waals surface area (Å²) in [5, 5.41) is 8.83. The number of hydrogen-bond acceptors (Lipinski definition) is 4. The fourth-order valence-corrected chi connectivity index (χ4v) is 3.23. The lowest BCUT2D eigenvalue weighted by Crippen LogP contribution is -2.21. The Morgan fingerprint density at radius 2 is 1.57 bits per heavy atom. The maximum Gasteiger partial charge on any atom is 0.274 e. The lowest BCUT2D eigenvalue weighted by molar-refractivity contribution is 0.0954. The molecule has 0 aliphatic rings. The van der Waals surface area contributed by atoms with E-state index in [-0.39, 0.29) is 5.91 Å². The Hall–Kier alpha value is -4.06. The molecular formula is C24H21N5O. The maximum absolute atomic E-state index is 12.9. The van der Waals surface area contributed by atoms with Gasteiger partial charge in [0.05, 0.1) is 23.2 Å². The van der Waals surface area contributed by atoms with Gasteiger partial charge in [-0.25, -0.2) is 15.1 Å². The van der Waals surface area contributed by atoms with Crippen LogP contribution in [-0.4, -0.2) is 26.4 Å². The summed E-state index contributed by atoms with van der Waals surface area (Å²) >= 11 is 0. The fraction of sp³-hybridized carbons (Fsp3) is 0.0833. The number of carbonyl (C=O) groups is 1. The molecule has 1 amide bonds. The topological polar surface area (TPSA) is 72.2 Å². The summed E-state index contributed by atoms with van der Waals surface area (Å²) in [5.74, 6) is 0.365.